The second-order valence-corrected chi connectivity index (χ2v) is 2.67. The number of nitriles is 4. The van der Waals surface area contributed by atoms with E-state index in [-0.39, 0.29) is 11.1 Å². The summed E-state index contributed by atoms with van der Waals surface area (Å²) in [7, 11) is 0. The maximum Gasteiger partial charge on any atom is 0.315 e. The summed E-state index contributed by atoms with van der Waals surface area (Å²) in [6.07, 6.45) is 1.42. The summed E-state index contributed by atoms with van der Waals surface area (Å²) in [6.45, 7) is -0.633. The van der Waals surface area contributed by atoms with Crippen molar-refractivity contribution >= 4 is 6.71 Å². The highest BCUT2D eigenvalue weighted by atomic mass is 14.3. The lowest BCUT2D eigenvalue weighted by atomic mass is 9.39. The summed E-state index contributed by atoms with van der Waals surface area (Å²) in [5.74, 6) is 2.57. The minimum Gasteiger partial charge on any atom is -0.212 e. The van der Waals surface area contributed by atoms with E-state index in [1.807, 2.05) is 18.1 Å². The van der Waals surface area contributed by atoms with Crippen LogP contribution in [0, 0.1) is 45.2 Å². The molecular weight excluding hydrogens is 175 g/mol. The third-order valence-electron chi connectivity index (χ3n) is 1.96. The predicted octanol–water partition coefficient (Wildman–Crippen LogP) is 0.891. The zero-order chi connectivity index (χ0) is 10.6. The fraction of sp³-hybridized carbons (Fsp3) is 0.111. The van der Waals surface area contributed by atoms with E-state index in [1.165, 1.54) is 12.1 Å². The maximum absolute atomic E-state index is 8.78. The molecule has 1 aliphatic heterocycles. The molecule has 4 nitrogen and oxygen atoms in total. The van der Waals surface area contributed by atoms with Crippen LogP contribution in [-0.2, 0) is 0 Å². The average Bonchev–Trinajstić information content (AvgIpc) is 2.26. The summed E-state index contributed by atoms with van der Waals surface area (Å²) in [5, 5.41) is 34.9. The van der Waals surface area contributed by atoms with E-state index in [9.17, 15) is 0 Å². The van der Waals surface area contributed by atoms with Crippen LogP contribution in [0.2, 0.25) is 5.82 Å². The molecule has 1 aliphatic rings. The third-order valence-corrected chi connectivity index (χ3v) is 1.96. The number of rotatable bonds is 0. The molecular formula is C9H3BN4. The Bertz CT molecular complexity index is 475. The summed E-state index contributed by atoms with van der Waals surface area (Å²) in [5.41, 5.74) is 0.259. The highest BCUT2D eigenvalue weighted by Gasteiger charge is 2.32. The Morgan fingerprint density at radius 1 is 1.14 bits per heavy atom. The van der Waals surface area contributed by atoms with Gasteiger partial charge in [-0.1, -0.05) is 12.1 Å². The van der Waals surface area contributed by atoms with Crippen LogP contribution in [0.25, 0.3) is 0 Å². The lowest BCUT2D eigenvalue weighted by Gasteiger charge is -2.12. The maximum atomic E-state index is 8.78. The fourth-order valence-corrected chi connectivity index (χ4v) is 1.24. The van der Waals surface area contributed by atoms with Crippen LogP contribution in [0.4, 0.5) is 0 Å². The van der Waals surface area contributed by atoms with Gasteiger partial charge < -0.3 is 0 Å². The van der Waals surface area contributed by atoms with Gasteiger partial charge in [0.1, 0.15) is 6.07 Å². The number of hydrogen-bond donors (Lipinski definition) is 0. The predicted molar refractivity (Wildman–Crippen MR) is 48.1 cm³/mol. The van der Waals surface area contributed by atoms with E-state index in [0.29, 0.717) is 0 Å². The molecule has 1 rings (SSSR count). The molecule has 0 saturated heterocycles. The number of nitrogens with zero attached hydrogens (tertiary/aromatic N) is 4. The van der Waals surface area contributed by atoms with Gasteiger partial charge in [0.15, 0.2) is 0 Å². The van der Waals surface area contributed by atoms with Crippen molar-refractivity contribution < 1.29 is 0 Å². The molecule has 62 valence electrons. The summed E-state index contributed by atoms with van der Waals surface area (Å²) in [4.78, 5) is 0. The smallest absolute Gasteiger partial charge is 0.212 e. The highest BCUT2D eigenvalue weighted by molar-refractivity contribution is 6.75. The van der Waals surface area contributed by atoms with Crippen LogP contribution in [0.1, 0.15) is 0 Å². The van der Waals surface area contributed by atoms with E-state index in [2.05, 4.69) is 0 Å². The molecule has 0 aromatic heterocycles. The zero-order valence-corrected chi connectivity index (χ0v) is 7.10. The Hall–Kier alpha value is -2.50. The molecule has 0 spiro atoms. The van der Waals surface area contributed by atoms with Crippen molar-refractivity contribution in [3.05, 3.63) is 23.2 Å². The molecule has 0 aromatic carbocycles. The molecule has 0 aliphatic carbocycles. The van der Waals surface area contributed by atoms with Gasteiger partial charge in [-0.25, -0.2) is 5.26 Å². The lowest BCUT2D eigenvalue weighted by Crippen LogP contribution is -2.20. The summed E-state index contributed by atoms with van der Waals surface area (Å²) >= 11 is 0. The van der Waals surface area contributed by atoms with E-state index >= 15 is 0 Å². The van der Waals surface area contributed by atoms with E-state index in [1.54, 1.807) is 6.07 Å². The van der Waals surface area contributed by atoms with Crippen molar-refractivity contribution in [2.45, 2.75) is 5.82 Å². The standard InChI is InChI=1S/C9H3BN4/c11-3-7-1-2-10(6-14)9(5-13)8(7)4-12/h1-2,9H. The van der Waals surface area contributed by atoms with Crippen LogP contribution >= 0.6 is 0 Å². The second-order valence-electron chi connectivity index (χ2n) is 2.67. The molecule has 0 N–H and O–H groups in total. The van der Waals surface area contributed by atoms with Gasteiger partial charge in [-0.2, -0.15) is 15.8 Å². The Morgan fingerprint density at radius 2 is 1.86 bits per heavy atom. The Kier molecular flexibility index (Phi) is 2.70. The normalized spacial score (nSPS) is 19.1. The minimum atomic E-state index is -0.815. The molecule has 0 bridgehead atoms. The van der Waals surface area contributed by atoms with Gasteiger partial charge in [0.05, 0.1) is 29.1 Å². The fourth-order valence-electron chi connectivity index (χ4n) is 1.24. The van der Waals surface area contributed by atoms with Gasteiger partial charge in [0, 0.05) is 5.97 Å². The van der Waals surface area contributed by atoms with Crippen molar-refractivity contribution in [2.24, 2.45) is 0 Å². The van der Waals surface area contributed by atoms with Gasteiger partial charge in [0.25, 0.3) is 0 Å². The monoisotopic (exact) mass is 178 g/mol. The van der Waals surface area contributed by atoms with Crippen LogP contribution in [0.3, 0.4) is 0 Å². The van der Waals surface area contributed by atoms with Gasteiger partial charge in [-0.15, -0.1) is 0 Å². The first-order valence-electron chi connectivity index (χ1n) is 3.80. The SMILES string of the molecule is N#CB1C=CC(C#N)=C(C#N)C1C#N. The minimum absolute atomic E-state index is 0.0871. The van der Waals surface area contributed by atoms with Crippen LogP contribution < -0.4 is 0 Å². The van der Waals surface area contributed by atoms with Crippen molar-refractivity contribution in [1.29, 1.82) is 21.0 Å². The summed E-state index contributed by atoms with van der Waals surface area (Å²) < 4.78 is 0. The third kappa shape index (κ3) is 1.36. The first kappa shape index (κ1) is 9.59. The number of hydrogen-bond acceptors (Lipinski definition) is 4. The molecule has 0 amide bonds. The van der Waals surface area contributed by atoms with Gasteiger partial charge in [-0.3, -0.25) is 0 Å². The molecule has 0 aromatic rings. The van der Waals surface area contributed by atoms with Crippen LogP contribution in [0.5, 0.6) is 0 Å². The molecule has 14 heavy (non-hydrogen) atoms. The van der Waals surface area contributed by atoms with Gasteiger partial charge >= 0.3 is 6.71 Å². The summed E-state index contributed by atoms with van der Waals surface area (Å²) in [6, 6.07) is 5.49. The molecule has 1 atom stereocenters. The van der Waals surface area contributed by atoms with Crippen molar-refractivity contribution in [2.75, 3.05) is 0 Å². The Labute approximate surface area is 81.7 Å². The van der Waals surface area contributed by atoms with Crippen LogP contribution in [-0.4, -0.2) is 6.71 Å². The number of allylic oxidation sites excluding steroid dienone is 3. The Balaban J connectivity index is 3.28. The van der Waals surface area contributed by atoms with E-state index in [0.717, 1.165) is 0 Å². The molecule has 5 heteroatoms. The first-order chi connectivity index (χ1) is 6.78. The van der Waals surface area contributed by atoms with Crippen LogP contribution in [0.15, 0.2) is 23.2 Å². The molecule has 0 saturated carbocycles. The molecule has 0 fully saturated rings. The zero-order valence-electron chi connectivity index (χ0n) is 7.10. The van der Waals surface area contributed by atoms with E-state index in [4.69, 9.17) is 21.0 Å². The van der Waals surface area contributed by atoms with Gasteiger partial charge in [0.2, 0.25) is 0 Å². The van der Waals surface area contributed by atoms with Crippen molar-refractivity contribution in [1.82, 2.24) is 0 Å². The first-order valence-corrected chi connectivity index (χ1v) is 3.80. The second kappa shape index (κ2) is 3.95. The van der Waals surface area contributed by atoms with E-state index < -0.39 is 12.5 Å². The van der Waals surface area contributed by atoms with Gasteiger partial charge in [-0.05, 0) is 0 Å². The van der Waals surface area contributed by atoms with Crippen molar-refractivity contribution in [3.8, 4) is 24.2 Å². The quantitative estimate of drug-likeness (QED) is 0.514. The lowest BCUT2D eigenvalue weighted by molar-refractivity contribution is 1.20. The van der Waals surface area contributed by atoms with Crippen molar-refractivity contribution in [3.63, 3.8) is 0 Å². The average molecular weight is 178 g/mol. The largest absolute Gasteiger partial charge is 0.315 e. The molecule has 0 radical (unpaired) electrons. The molecule has 1 unspecified atom stereocenters. The Morgan fingerprint density at radius 3 is 2.29 bits per heavy atom. The highest BCUT2D eigenvalue weighted by Crippen LogP contribution is 2.28. The topological polar surface area (TPSA) is 95.2 Å². The molecule has 1 heterocycles.